The molecule has 2 rings (SSSR count). The van der Waals surface area contributed by atoms with Crippen molar-refractivity contribution < 1.29 is 13.2 Å². The van der Waals surface area contributed by atoms with Gasteiger partial charge in [0.25, 0.3) is 0 Å². The SMILES string of the molecule is CC1(C)CCCCC1Nc1ccc(N)cc1C(F)(F)F. The van der Waals surface area contributed by atoms with Crippen molar-refractivity contribution in [1.82, 2.24) is 0 Å². The summed E-state index contributed by atoms with van der Waals surface area (Å²) in [4.78, 5) is 0. The normalized spacial score (nSPS) is 22.6. The first-order valence-electron chi connectivity index (χ1n) is 6.93. The Labute approximate surface area is 117 Å². The van der Waals surface area contributed by atoms with Crippen LogP contribution >= 0.6 is 0 Å². The second-order valence-electron chi connectivity index (χ2n) is 6.23. The number of alkyl halides is 3. The summed E-state index contributed by atoms with van der Waals surface area (Å²) in [6.07, 6.45) is -0.275. The molecule has 1 atom stereocenters. The molecule has 3 N–H and O–H groups in total. The first-order valence-corrected chi connectivity index (χ1v) is 6.93. The molecule has 20 heavy (non-hydrogen) atoms. The molecule has 0 saturated heterocycles. The zero-order chi connectivity index (χ0) is 15.0. The van der Waals surface area contributed by atoms with Crippen LogP contribution in [0.25, 0.3) is 0 Å². The molecule has 1 aromatic rings. The van der Waals surface area contributed by atoms with Gasteiger partial charge in [0.1, 0.15) is 0 Å². The summed E-state index contributed by atoms with van der Waals surface area (Å²) in [7, 11) is 0. The number of halogens is 3. The highest BCUT2D eigenvalue weighted by molar-refractivity contribution is 5.59. The van der Waals surface area contributed by atoms with Gasteiger partial charge in [-0.25, -0.2) is 0 Å². The van der Waals surface area contributed by atoms with Crippen LogP contribution in [0.5, 0.6) is 0 Å². The van der Waals surface area contributed by atoms with Gasteiger partial charge in [-0.1, -0.05) is 26.7 Å². The van der Waals surface area contributed by atoms with Gasteiger partial charge < -0.3 is 11.1 Å². The first-order chi connectivity index (χ1) is 9.20. The predicted molar refractivity (Wildman–Crippen MR) is 75.5 cm³/mol. The molecule has 1 unspecified atom stereocenters. The smallest absolute Gasteiger partial charge is 0.399 e. The highest BCUT2D eigenvalue weighted by atomic mass is 19.4. The van der Waals surface area contributed by atoms with Crippen molar-refractivity contribution in [3.05, 3.63) is 23.8 Å². The summed E-state index contributed by atoms with van der Waals surface area (Å²) in [6.45, 7) is 4.21. The van der Waals surface area contributed by atoms with Gasteiger partial charge in [-0.2, -0.15) is 13.2 Å². The second kappa shape index (κ2) is 5.19. The van der Waals surface area contributed by atoms with Crippen molar-refractivity contribution in [2.24, 2.45) is 5.41 Å². The fraction of sp³-hybridized carbons (Fsp3) is 0.600. The highest BCUT2D eigenvalue weighted by Crippen LogP contribution is 2.41. The molecule has 0 spiro atoms. The Bertz CT molecular complexity index is 480. The fourth-order valence-electron chi connectivity index (χ4n) is 2.87. The third-order valence-corrected chi connectivity index (χ3v) is 4.19. The monoisotopic (exact) mass is 286 g/mol. The first kappa shape index (κ1) is 15.0. The summed E-state index contributed by atoms with van der Waals surface area (Å²) in [6, 6.07) is 4.00. The quantitative estimate of drug-likeness (QED) is 0.775. The average Bonchev–Trinajstić information content (AvgIpc) is 2.32. The van der Waals surface area contributed by atoms with E-state index >= 15 is 0 Å². The number of nitrogen functional groups attached to an aromatic ring is 1. The van der Waals surface area contributed by atoms with Crippen LogP contribution in [0.15, 0.2) is 18.2 Å². The number of hydrogen-bond acceptors (Lipinski definition) is 2. The van der Waals surface area contributed by atoms with Crippen LogP contribution in [0.2, 0.25) is 0 Å². The number of benzene rings is 1. The minimum atomic E-state index is -4.39. The Hall–Kier alpha value is -1.39. The molecule has 0 aromatic heterocycles. The molecule has 0 radical (unpaired) electrons. The maximum atomic E-state index is 13.1. The molecule has 1 aromatic carbocycles. The van der Waals surface area contributed by atoms with Gasteiger partial charge in [0.2, 0.25) is 0 Å². The van der Waals surface area contributed by atoms with Crippen LogP contribution in [0.4, 0.5) is 24.5 Å². The average molecular weight is 286 g/mol. The van der Waals surface area contributed by atoms with Crippen molar-refractivity contribution in [1.29, 1.82) is 0 Å². The topological polar surface area (TPSA) is 38.0 Å². The molecule has 2 nitrogen and oxygen atoms in total. The van der Waals surface area contributed by atoms with Gasteiger partial charge in [0, 0.05) is 17.4 Å². The lowest BCUT2D eigenvalue weighted by Gasteiger charge is -2.40. The number of rotatable bonds is 2. The molecule has 0 aliphatic heterocycles. The molecule has 1 aliphatic carbocycles. The van der Waals surface area contributed by atoms with E-state index in [0.29, 0.717) is 0 Å². The minimum Gasteiger partial charge on any atom is -0.399 e. The Balaban J connectivity index is 2.29. The van der Waals surface area contributed by atoms with Gasteiger partial charge in [0.15, 0.2) is 0 Å². The van der Waals surface area contributed by atoms with E-state index in [-0.39, 0.29) is 22.8 Å². The second-order valence-corrected chi connectivity index (χ2v) is 6.23. The summed E-state index contributed by atoms with van der Waals surface area (Å²) in [5, 5.41) is 3.10. The fourth-order valence-corrected chi connectivity index (χ4v) is 2.87. The molecule has 0 amide bonds. The lowest BCUT2D eigenvalue weighted by molar-refractivity contribution is -0.137. The van der Waals surface area contributed by atoms with Gasteiger partial charge in [-0.05, 0) is 36.5 Å². The van der Waals surface area contributed by atoms with Gasteiger partial charge in [-0.3, -0.25) is 0 Å². The summed E-state index contributed by atoms with van der Waals surface area (Å²) in [5.74, 6) is 0. The van der Waals surface area contributed by atoms with E-state index in [2.05, 4.69) is 19.2 Å². The summed E-state index contributed by atoms with van der Waals surface area (Å²) in [5.41, 5.74) is 5.07. The van der Waals surface area contributed by atoms with Crippen LogP contribution in [-0.2, 0) is 6.18 Å². The Morgan fingerprint density at radius 1 is 1.25 bits per heavy atom. The molecule has 112 valence electrons. The highest BCUT2D eigenvalue weighted by Gasteiger charge is 2.37. The predicted octanol–water partition coefficient (Wildman–Crippen LogP) is 4.67. The van der Waals surface area contributed by atoms with Crippen molar-refractivity contribution in [3.8, 4) is 0 Å². The maximum absolute atomic E-state index is 13.1. The largest absolute Gasteiger partial charge is 0.418 e. The van der Waals surface area contributed by atoms with E-state index in [0.717, 1.165) is 31.7 Å². The van der Waals surface area contributed by atoms with E-state index < -0.39 is 11.7 Å². The van der Waals surface area contributed by atoms with Crippen LogP contribution < -0.4 is 11.1 Å². The Morgan fingerprint density at radius 2 is 1.95 bits per heavy atom. The number of anilines is 2. The molecule has 1 fully saturated rings. The molecule has 0 heterocycles. The van der Waals surface area contributed by atoms with Crippen molar-refractivity contribution in [2.45, 2.75) is 51.7 Å². The van der Waals surface area contributed by atoms with Gasteiger partial charge in [0.05, 0.1) is 5.56 Å². The van der Waals surface area contributed by atoms with Crippen LogP contribution in [0.1, 0.15) is 45.1 Å². The summed E-state index contributed by atoms with van der Waals surface area (Å²) >= 11 is 0. The number of nitrogens with one attached hydrogen (secondary N) is 1. The van der Waals surface area contributed by atoms with Crippen molar-refractivity contribution >= 4 is 11.4 Å². The number of nitrogens with two attached hydrogens (primary N) is 1. The molecular formula is C15H21F3N2. The molecule has 0 bridgehead atoms. The molecular weight excluding hydrogens is 265 g/mol. The van der Waals surface area contributed by atoms with Crippen LogP contribution in [-0.4, -0.2) is 6.04 Å². The van der Waals surface area contributed by atoms with Gasteiger partial charge in [-0.15, -0.1) is 0 Å². The maximum Gasteiger partial charge on any atom is 0.418 e. The Kier molecular flexibility index (Phi) is 3.89. The van der Waals surface area contributed by atoms with E-state index in [1.54, 1.807) is 0 Å². The third-order valence-electron chi connectivity index (χ3n) is 4.19. The van der Waals surface area contributed by atoms with Crippen molar-refractivity contribution in [2.75, 3.05) is 11.1 Å². The minimum absolute atomic E-state index is 0.00248. The summed E-state index contributed by atoms with van der Waals surface area (Å²) < 4.78 is 39.2. The van der Waals surface area contributed by atoms with Crippen LogP contribution in [0, 0.1) is 5.41 Å². The van der Waals surface area contributed by atoms with Crippen LogP contribution in [0.3, 0.4) is 0 Å². The molecule has 5 heteroatoms. The number of hydrogen-bond donors (Lipinski definition) is 2. The lowest BCUT2D eigenvalue weighted by atomic mass is 9.73. The standard InChI is InChI=1S/C15H21F3N2/c1-14(2)8-4-3-5-13(14)20-12-7-6-10(19)9-11(12)15(16,17)18/h6-7,9,13,20H,3-5,8,19H2,1-2H3. The Morgan fingerprint density at radius 3 is 2.55 bits per heavy atom. The van der Waals surface area contributed by atoms with Gasteiger partial charge >= 0.3 is 6.18 Å². The van der Waals surface area contributed by atoms with Crippen molar-refractivity contribution in [3.63, 3.8) is 0 Å². The van der Waals surface area contributed by atoms with E-state index in [1.165, 1.54) is 12.1 Å². The lowest BCUT2D eigenvalue weighted by Crippen LogP contribution is -2.39. The third kappa shape index (κ3) is 3.19. The van der Waals surface area contributed by atoms with E-state index in [1.807, 2.05) is 0 Å². The zero-order valence-corrected chi connectivity index (χ0v) is 11.8. The van der Waals surface area contributed by atoms with E-state index in [4.69, 9.17) is 5.73 Å². The zero-order valence-electron chi connectivity index (χ0n) is 11.8. The van der Waals surface area contributed by atoms with E-state index in [9.17, 15) is 13.2 Å². The molecule has 1 saturated carbocycles. The molecule has 1 aliphatic rings.